The SMILES string of the molecule is CC(O)c1ccc(OC2CCOC3(CCCC3)C2)cc1F. The summed E-state index contributed by atoms with van der Waals surface area (Å²) in [5, 5.41) is 9.46. The summed E-state index contributed by atoms with van der Waals surface area (Å²) >= 11 is 0. The number of hydrogen-bond donors (Lipinski definition) is 1. The molecule has 1 heterocycles. The highest BCUT2D eigenvalue weighted by molar-refractivity contribution is 5.30. The summed E-state index contributed by atoms with van der Waals surface area (Å²) in [5.41, 5.74) is 0.308. The van der Waals surface area contributed by atoms with Crippen LogP contribution in [0, 0.1) is 5.82 Å². The maximum Gasteiger partial charge on any atom is 0.132 e. The van der Waals surface area contributed by atoms with E-state index in [9.17, 15) is 9.50 Å². The Morgan fingerprint density at radius 1 is 1.38 bits per heavy atom. The number of aliphatic hydroxyl groups is 1. The fourth-order valence-electron chi connectivity index (χ4n) is 3.56. The van der Waals surface area contributed by atoms with Crippen LogP contribution in [-0.2, 0) is 4.74 Å². The summed E-state index contributed by atoms with van der Waals surface area (Å²) in [6.07, 6.45) is 5.71. The first-order chi connectivity index (χ1) is 10.1. The van der Waals surface area contributed by atoms with E-state index in [-0.39, 0.29) is 11.7 Å². The fraction of sp³-hybridized carbons (Fsp3) is 0.647. The number of aliphatic hydroxyl groups excluding tert-OH is 1. The zero-order chi connectivity index (χ0) is 14.9. The van der Waals surface area contributed by atoms with E-state index in [1.807, 2.05) is 0 Å². The topological polar surface area (TPSA) is 38.7 Å². The van der Waals surface area contributed by atoms with E-state index in [1.165, 1.54) is 18.9 Å². The van der Waals surface area contributed by atoms with Gasteiger partial charge in [0, 0.05) is 24.5 Å². The Bertz CT molecular complexity index is 495. The van der Waals surface area contributed by atoms with Crippen molar-refractivity contribution < 1.29 is 19.0 Å². The highest BCUT2D eigenvalue weighted by atomic mass is 19.1. The van der Waals surface area contributed by atoms with E-state index in [2.05, 4.69) is 0 Å². The van der Waals surface area contributed by atoms with Crippen LogP contribution in [-0.4, -0.2) is 23.4 Å². The second kappa shape index (κ2) is 5.93. The minimum atomic E-state index is -0.802. The molecule has 1 spiro atoms. The molecule has 1 aliphatic carbocycles. The summed E-state index contributed by atoms with van der Waals surface area (Å²) in [6, 6.07) is 4.71. The van der Waals surface area contributed by atoms with E-state index in [1.54, 1.807) is 19.1 Å². The van der Waals surface area contributed by atoms with Gasteiger partial charge in [0.1, 0.15) is 17.7 Å². The first-order valence-electron chi connectivity index (χ1n) is 7.86. The minimum absolute atomic E-state index is 0.00101. The Kier molecular flexibility index (Phi) is 4.18. The maximum absolute atomic E-state index is 13.9. The van der Waals surface area contributed by atoms with E-state index >= 15 is 0 Å². The van der Waals surface area contributed by atoms with E-state index in [4.69, 9.17) is 9.47 Å². The van der Waals surface area contributed by atoms with Gasteiger partial charge in [-0.15, -0.1) is 0 Å². The first-order valence-corrected chi connectivity index (χ1v) is 7.86. The summed E-state index contributed by atoms with van der Waals surface area (Å²) in [7, 11) is 0. The first kappa shape index (κ1) is 14.8. The van der Waals surface area contributed by atoms with Gasteiger partial charge in [-0.2, -0.15) is 0 Å². The lowest BCUT2D eigenvalue weighted by atomic mass is 9.90. The Labute approximate surface area is 125 Å². The molecule has 1 saturated heterocycles. The molecule has 0 radical (unpaired) electrons. The third-order valence-electron chi connectivity index (χ3n) is 4.69. The van der Waals surface area contributed by atoms with Gasteiger partial charge in [-0.05, 0) is 31.9 Å². The number of halogens is 1. The van der Waals surface area contributed by atoms with Crippen LogP contribution < -0.4 is 4.74 Å². The second-order valence-corrected chi connectivity index (χ2v) is 6.33. The number of ether oxygens (including phenoxy) is 2. The summed E-state index contributed by atoms with van der Waals surface area (Å²) in [5.74, 6) is 0.127. The normalized spacial score (nSPS) is 26.0. The predicted octanol–water partition coefficient (Wildman–Crippen LogP) is 3.75. The van der Waals surface area contributed by atoms with Crippen molar-refractivity contribution in [1.29, 1.82) is 0 Å². The van der Waals surface area contributed by atoms with Gasteiger partial charge in [-0.1, -0.05) is 12.8 Å². The van der Waals surface area contributed by atoms with Gasteiger partial charge >= 0.3 is 0 Å². The molecular weight excluding hydrogens is 271 g/mol. The summed E-state index contributed by atoms with van der Waals surface area (Å²) in [6.45, 7) is 2.28. The molecule has 1 aliphatic heterocycles. The van der Waals surface area contributed by atoms with Gasteiger partial charge in [-0.25, -0.2) is 4.39 Å². The lowest BCUT2D eigenvalue weighted by Gasteiger charge is -2.38. The van der Waals surface area contributed by atoms with Crippen molar-refractivity contribution in [3.05, 3.63) is 29.6 Å². The molecule has 0 aromatic heterocycles. The molecule has 1 aromatic carbocycles. The van der Waals surface area contributed by atoms with Crippen molar-refractivity contribution in [1.82, 2.24) is 0 Å². The predicted molar refractivity (Wildman–Crippen MR) is 77.8 cm³/mol. The van der Waals surface area contributed by atoms with Crippen molar-refractivity contribution in [2.24, 2.45) is 0 Å². The van der Waals surface area contributed by atoms with Crippen molar-refractivity contribution in [3.8, 4) is 5.75 Å². The molecule has 2 fully saturated rings. The Morgan fingerprint density at radius 2 is 2.14 bits per heavy atom. The van der Waals surface area contributed by atoms with Crippen molar-refractivity contribution >= 4 is 0 Å². The second-order valence-electron chi connectivity index (χ2n) is 6.33. The van der Waals surface area contributed by atoms with E-state index in [0.717, 1.165) is 32.3 Å². The number of benzene rings is 1. The molecule has 2 atom stereocenters. The van der Waals surface area contributed by atoms with Crippen LogP contribution >= 0.6 is 0 Å². The van der Waals surface area contributed by atoms with Crippen LogP contribution in [0.15, 0.2) is 18.2 Å². The molecule has 2 unspecified atom stereocenters. The quantitative estimate of drug-likeness (QED) is 0.922. The summed E-state index contributed by atoms with van der Waals surface area (Å²) < 4.78 is 25.8. The van der Waals surface area contributed by atoms with Gasteiger partial charge in [0.2, 0.25) is 0 Å². The zero-order valence-electron chi connectivity index (χ0n) is 12.5. The van der Waals surface area contributed by atoms with Crippen LogP contribution in [0.3, 0.4) is 0 Å². The smallest absolute Gasteiger partial charge is 0.132 e. The Hall–Kier alpha value is -1.13. The average Bonchev–Trinajstić information content (AvgIpc) is 2.86. The standard InChI is InChI=1S/C17H23FO3/c1-12(19)15-5-4-13(10-16(15)18)21-14-6-9-20-17(11-14)7-2-3-8-17/h4-5,10,12,14,19H,2-3,6-9,11H2,1H3. The van der Waals surface area contributed by atoms with Crippen LogP contribution in [0.5, 0.6) is 5.75 Å². The molecule has 3 nitrogen and oxygen atoms in total. The lowest BCUT2D eigenvalue weighted by Crippen LogP contribution is -2.41. The molecule has 0 amide bonds. The molecule has 2 aliphatic rings. The van der Waals surface area contributed by atoms with Gasteiger partial charge in [0.05, 0.1) is 18.3 Å². The van der Waals surface area contributed by atoms with Gasteiger partial charge < -0.3 is 14.6 Å². The van der Waals surface area contributed by atoms with Crippen molar-refractivity contribution in [2.75, 3.05) is 6.61 Å². The highest BCUT2D eigenvalue weighted by Gasteiger charge is 2.40. The average molecular weight is 294 g/mol. The van der Waals surface area contributed by atoms with Crippen LogP contribution in [0.25, 0.3) is 0 Å². The largest absolute Gasteiger partial charge is 0.490 e. The molecule has 1 aromatic rings. The molecule has 116 valence electrons. The minimum Gasteiger partial charge on any atom is -0.490 e. The van der Waals surface area contributed by atoms with E-state index in [0.29, 0.717) is 11.3 Å². The molecule has 21 heavy (non-hydrogen) atoms. The number of rotatable bonds is 3. The molecule has 4 heteroatoms. The van der Waals surface area contributed by atoms with Crippen LogP contribution in [0.1, 0.15) is 57.1 Å². The van der Waals surface area contributed by atoms with Crippen molar-refractivity contribution in [3.63, 3.8) is 0 Å². The Morgan fingerprint density at radius 3 is 2.81 bits per heavy atom. The lowest BCUT2D eigenvalue weighted by molar-refractivity contribution is -0.108. The molecule has 3 rings (SSSR count). The van der Waals surface area contributed by atoms with E-state index < -0.39 is 11.9 Å². The van der Waals surface area contributed by atoms with Gasteiger partial charge in [0.15, 0.2) is 0 Å². The number of hydrogen-bond acceptors (Lipinski definition) is 3. The monoisotopic (exact) mass is 294 g/mol. The molecule has 1 N–H and O–H groups in total. The fourth-order valence-corrected chi connectivity index (χ4v) is 3.56. The third-order valence-corrected chi connectivity index (χ3v) is 4.69. The molecule has 0 bridgehead atoms. The van der Waals surface area contributed by atoms with Crippen molar-refractivity contribution in [2.45, 2.75) is 63.3 Å². The van der Waals surface area contributed by atoms with Gasteiger partial charge in [0.25, 0.3) is 0 Å². The summed E-state index contributed by atoms with van der Waals surface area (Å²) in [4.78, 5) is 0. The van der Waals surface area contributed by atoms with Crippen LogP contribution in [0.4, 0.5) is 4.39 Å². The maximum atomic E-state index is 13.9. The molecule has 1 saturated carbocycles. The third kappa shape index (κ3) is 3.22. The van der Waals surface area contributed by atoms with Gasteiger partial charge in [-0.3, -0.25) is 0 Å². The Balaban J connectivity index is 1.67. The highest BCUT2D eigenvalue weighted by Crippen LogP contribution is 2.41. The molecular formula is C17H23FO3. The van der Waals surface area contributed by atoms with Crippen LogP contribution in [0.2, 0.25) is 0 Å². The zero-order valence-corrected chi connectivity index (χ0v) is 12.5.